The lowest BCUT2D eigenvalue weighted by Gasteiger charge is -2.44. The van der Waals surface area contributed by atoms with E-state index in [4.69, 9.17) is 0 Å². The normalized spacial score (nSPS) is 37.6. The third-order valence-corrected chi connectivity index (χ3v) is 8.35. The van der Waals surface area contributed by atoms with Crippen LogP contribution in [0.5, 0.6) is 0 Å². The minimum absolute atomic E-state index is 0.172. The van der Waals surface area contributed by atoms with E-state index in [9.17, 15) is 5.11 Å². The predicted molar refractivity (Wildman–Crippen MR) is 121 cm³/mol. The Morgan fingerprint density at radius 2 is 1.89 bits per heavy atom. The maximum Gasteiger partial charge on any atom is 0.0583 e. The minimum Gasteiger partial charge on any atom is -0.393 e. The predicted octanol–water partition coefficient (Wildman–Crippen LogP) is 7.62. The Labute approximate surface area is 174 Å². The Morgan fingerprint density at radius 1 is 1.11 bits per heavy atom. The molecule has 3 saturated carbocycles. The summed E-state index contributed by atoms with van der Waals surface area (Å²) in [5.74, 6) is 3.37. The van der Waals surface area contributed by atoms with E-state index in [1.165, 1.54) is 62.5 Å². The lowest BCUT2D eigenvalue weighted by atomic mass is 9.60. The highest BCUT2D eigenvalue weighted by Crippen LogP contribution is 2.59. The van der Waals surface area contributed by atoms with Crippen LogP contribution in [0.2, 0.25) is 0 Å². The van der Waals surface area contributed by atoms with E-state index in [1.807, 2.05) is 0 Å². The van der Waals surface area contributed by atoms with Gasteiger partial charge in [0.2, 0.25) is 0 Å². The zero-order chi connectivity index (χ0) is 20.3. The van der Waals surface area contributed by atoms with Crippen molar-refractivity contribution in [3.63, 3.8) is 0 Å². The molecule has 0 spiro atoms. The molecule has 1 nitrogen and oxygen atoms in total. The van der Waals surface area contributed by atoms with Gasteiger partial charge in [0.05, 0.1) is 6.10 Å². The molecule has 0 bridgehead atoms. The summed E-state index contributed by atoms with van der Waals surface area (Å²) >= 11 is 0. The summed E-state index contributed by atoms with van der Waals surface area (Å²) in [5.41, 5.74) is 4.72. The van der Waals surface area contributed by atoms with Gasteiger partial charge in [0.1, 0.15) is 0 Å². The molecule has 0 heterocycles. The Hall–Kier alpha value is -0.820. The molecular weight excluding hydrogens is 340 g/mol. The number of hydrogen-bond acceptors (Lipinski definition) is 1. The Bertz CT molecular complexity index is 610. The first-order chi connectivity index (χ1) is 13.3. The van der Waals surface area contributed by atoms with Crippen LogP contribution >= 0.6 is 0 Å². The summed E-state index contributed by atoms with van der Waals surface area (Å²) in [6.45, 7) is 14.1. The summed E-state index contributed by atoms with van der Waals surface area (Å²) in [4.78, 5) is 0. The topological polar surface area (TPSA) is 20.2 Å². The maximum atomic E-state index is 10.0. The first-order valence-corrected chi connectivity index (χ1v) is 12.1. The third-order valence-electron chi connectivity index (χ3n) is 8.35. The van der Waals surface area contributed by atoms with Crippen molar-refractivity contribution >= 4 is 0 Å². The third kappa shape index (κ3) is 4.84. The molecule has 0 aromatic heterocycles. The lowest BCUT2D eigenvalue weighted by molar-refractivity contribution is 0.0929. The quantitative estimate of drug-likeness (QED) is 0.499. The number of fused-ring (bicyclic) bond motifs is 1. The molecular formula is C27H44O. The number of allylic oxidation sites excluding steroid dienone is 4. The van der Waals surface area contributed by atoms with Crippen molar-refractivity contribution in [2.75, 3.05) is 0 Å². The maximum absolute atomic E-state index is 10.0. The van der Waals surface area contributed by atoms with Crippen LogP contribution in [-0.4, -0.2) is 11.2 Å². The molecule has 3 rings (SSSR count). The zero-order valence-corrected chi connectivity index (χ0v) is 19.0. The van der Waals surface area contributed by atoms with E-state index in [-0.39, 0.29) is 6.10 Å². The molecule has 1 heteroatoms. The van der Waals surface area contributed by atoms with Crippen molar-refractivity contribution in [2.45, 2.75) is 104 Å². The van der Waals surface area contributed by atoms with Crippen molar-refractivity contribution in [3.8, 4) is 0 Å². The highest BCUT2D eigenvalue weighted by Gasteiger charge is 2.50. The van der Waals surface area contributed by atoms with Gasteiger partial charge in [0.15, 0.2) is 0 Å². The standard InChI is InChI=1S/C27H44O/c1-19(2)8-6-9-21(4)25-15-16-26-22(10-7-17-27(25,26)5)12-13-23-18-24(28)14-11-20(23)3/h12-13,19,21,24-26,28H,3,6-11,14-18H2,1-2,4-5H3/b22-12?,23-13-/t21?,24-,25?,26?,27+/m0/s1. The van der Waals surface area contributed by atoms with Crippen LogP contribution in [0.4, 0.5) is 0 Å². The zero-order valence-electron chi connectivity index (χ0n) is 19.0. The van der Waals surface area contributed by atoms with Gasteiger partial charge in [0, 0.05) is 0 Å². The van der Waals surface area contributed by atoms with Crippen molar-refractivity contribution in [2.24, 2.45) is 29.1 Å². The van der Waals surface area contributed by atoms with Crippen LogP contribution in [0.15, 0.2) is 35.5 Å². The van der Waals surface area contributed by atoms with E-state index >= 15 is 0 Å². The Kier molecular flexibility index (Phi) is 7.29. The fraction of sp³-hybridized carbons (Fsp3) is 0.778. The summed E-state index contributed by atoms with van der Waals surface area (Å²) in [7, 11) is 0. The fourth-order valence-electron chi connectivity index (χ4n) is 6.66. The van der Waals surface area contributed by atoms with Gasteiger partial charge in [-0.05, 0) is 86.0 Å². The molecule has 0 saturated heterocycles. The molecule has 0 aromatic rings. The van der Waals surface area contributed by atoms with E-state index in [0.717, 1.165) is 42.9 Å². The average molecular weight is 385 g/mol. The van der Waals surface area contributed by atoms with Crippen LogP contribution < -0.4 is 0 Å². The molecule has 3 aliphatic carbocycles. The summed E-state index contributed by atoms with van der Waals surface area (Å²) in [6, 6.07) is 0. The molecule has 0 radical (unpaired) electrons. The van der Waals surface area contributed by atoms with Crippen LogP contribution in [0.1, 0.15) is 98.3 Å². The summed E-state index contributed by atoms with van der Waals surface area (Å²) in [6.07, 6.45) is 18.2. The lowest BCUT2D eigenvalue weighted by Crippen LogP contribution is -2.36. The van der Waals surface area contributed by atoms with Gasteiger partial charge in [-0.1, -0.05) is 76.8 Å². The van der Waals surface area contributed by atoms with Crippen LogP contribution in [0.3, 0.4) is 0 Å². The molecule has 0 aromatic carbocycles. The molecule has 28 heavy (non-hydrogen) atoms. The largest absolute Gasteiger partial charge is 0.393 e. The van der Waals surface area contributed by atoms with Gasteiger partial charge in [-0.3, -0.25) is 0 Å². The SMILES string of the molecule is C=C1CC[C@H](O)C/C1=C/C=C1CCC[C@@]2(C)C1CCC2C(C)CCCC(C)C. The molecule has 0 amide bonds. The van der Waals surface area contributed by atoms with Gasteiger partial charge < -0.3 is 5.11 Å². The van der Waals surface area contributed by atoms with Crippen LogP contribution in [0, 0.1) is 29.1 Å². The molecule has 3 aliphatic rings. The van der Waals surface area contributed by atoms with E-state index in [0.29, 0.717) is 5.41 Å². The second-order valence-corrected chi connectivity index (χ2v) is 10.8. The highest BCUT2D eigenvalue weighted by molar-refractivity contribution is 5.36. The fourth-order valence-corrected chi connectivity index (χ4v) is 6.66. The van der Waals surface area contributed by atoms with Crippen molar-refractivity contribution in [3.05, 3.63) is 35.5 Å². The van der Waals surface area contributed by atoms with Gasteiger partial charge in [-0.2, -0.15) is 0 Å². The Balaban J connectivity index is 1.70. The summed E-state index contributed by atoms with van der Waals surface area (Å²) in [5, 5.41) is 10.0. The van der Waals surface area contributed by atoms with E-state index in [1.54, 1.807) is 5.57 Å². The van der Waals surface area contributed by atoms with Gasteiger partial charge in [-0.15, -0.1) is 0 Å². The molecule has 5 atom stereocenters. The van der Waals surface area contributed by atoms with Crippen molar-refractivity contribution in [1.29, 1.82) is 0 Å². The van der Waals surface area contributed by atoms with Crippen LogP contribution in [-0.2, 0) is 0 Å². The van der Waals surface area contributed by atoms with Gasteiger partial charge >= 0.3 is 0 Å². The smallest absolute Gasteiger partial charge is 0.0583 e. The van der Waals surface area contributed by atoms with Gasteiger partial charge in [0.25, 0.3) is 0 Å². The van der Waals surface area contributed by atoms with Gasteiger partial charge in [-0.25, -0.2) is 0 Å². The van der Waals surface area contributed by atoms with E-state index in [2.05, 4.69) is 46.4 Å². The first-order valence-electron chi connectivity index (χ1n) is 12.1. The number of aliphatic hydroxyl groups is 1. The highest BCUT2D eigenvalue weighted by atomic mass is 16.3. The average Bonchev–Trinajstić information content (AvgIpc) is 2.99. The monoisotopic (exact) mass is 384 g/mol. The van der Waals surface area contributed by atoms with E-state index < -0.39 is 0 Å². The second kappa shape index (κ2) is 9.33. The number of rotatable bonds is 6. The molecule has 3 fully saturated rings. The first kappa shape index (κ1) is 21.9. The van der Waals surface area contributed by atoms with Crippen LogP contribution in [0.25, 0.3) is 0 Å². The molecule has 158 valence electrons. The number of aliphatic hydroxyl groups excluding tert-OH is 1. The summed E-state index contributed by atoms with van der Waals surface area (Å²) < 4.78 is 0. The minimum atomic E-state index is -0.172. The Morgan fingerprint density at radius 3 is 2.64 bits per heavy atom. The number of hydrogen-bond donors (Lipinski definition) is 1. The second-order valence-electron chi connectivity index (χ2n) is 10.8. The molecule has 1 N–H and O–H groups in total. The molecule has 3 unspecified atom stereocenters. The van der Waals surface area contributed by atoms with Crippen molar-refractivity contribution in [1.82, 2.24) is 0 Å². The molecule has 0 aliphatic heterocycles. The van der Waals surface area contributed by atoms with Crippen molar-refractivity contribution < 1.29 is 5.11 Å².